The number of benzene rings is 1. The molecule has 0 unspecified atom stereocenters. The van der Waals surface area contributed by atoms with E-state index >= 15 is 0 Å². The van der Waals surface area contributed by atoms with E-state index in [-0.39, 0.29) is 17.0 Å². The van der Waals surface area contributed by atoms with Crippen molar-refractivity contribution in [3.05, 3.63) is 24.3 Å². The zero-order valence-corrected chi connectivity index (χ0v) is 9.33. The molecule has 0 bridgehead atoms. The molecule has 0 aliphatic carbocycles. The SMILES string of the molecule is Br.CCCOc1ccc(NN)cc1. The normalized spacial score (nSPS) is 8.77. The molecule has 1 rings (SSSR count). The lowest BCUT2D eigenvalue weighted by molar-refractivity contribution is 0.317. The van der Waals surface area contributed by atoms with Crippen molar-refractivity contribution < 1.29 is 4.74 Å². The van der Waals surface area contributed by atoms with E-state index in [0.717, 1.165) is 24.5 Å². The number of nitrogens with one attached hydrogen (secondary N) is 1. The van der Waals surface area contributed by atoms with Crippen molar-refractivity contribution in [1.82, 2.24) is 0 Å². The van der Waals surface area contributed by atoms with Crippen molar-refractivity contribution in [2.24, 2.45) is 5.84 Å². The predicted octanol–water partition coefficient (Wildman–Crippen LogP) is 2.34. The molecule has 0 atom stereocenters. The topological polar surface area (TPSA) is 47.3 Å². The van der Waals surface area contributed by atoms with Crippen molar-refractivity contribution in [3.8, 4) is 5.75 Å². The molecule has 4 heteroatoms. The van der Waals surface area contributed by atoms with E-state index in [2.05, 4.69) is 12.3 Å². The highest BCUT2D eigenvalue weighted by Crippen LogP contribution is 2.14. The van der Waals surface area contributed by atoms with E-state index in [4.69, 9.17) is 10.6 Å². The molecule has 0 aliphatic heterocycles. The Morgan fingerprint density at radius 1 is 1.31 bits per heavy atom. The summed E-state index contributed by atoms with van der Waals surface area (Å²) >= 11 is 0. The molecule has 0 aromatic heterocycles. The van der Waals surface area contributed by atoms with Crippen LogP contribution in [0, 0.1) is 0 Å². The van der Waals surface area contributed by atoms with Gasteiger partial charge < -0.3 is 10.2 Å². The van der Waals surface area contributed by atoms with Crippen LogP contribution in [0.15, 0.2) is 24.3 Å². The molecule has 0 aliphatic rings. The monoisotopic (exact) mass is 246 g/mol. The van der Waals surface area contributed by atoms with Crippen LogP contribution < -0.4 is 16.0 Å². The predicted molar refractivity (Wildman–Crippen MR) is 60.4 cm³/mol. The first-order valence-corrected chi connectivity index (χ1v) is 4.06. The Kier molecular flexibility index (Phi) is 6.36. The van der Waals surface area contributed by atoms with Gasteiger partial charge in [0.05, 0.1) is 6.61 Å². The van der Waals surface area contributed by atoms with Crippen LogP contribution in [0.25, 0.3) is 0 Å². The molecular weight excluding hydrogens is 232 g/mol. The summed E-state index contributed by atoms with van der Waals surface area (Å²) in [6.45, 7) is 2.84. The minimum absolute atomic E-state index is 0. The Labute approximate surface area is 89.0 Å². The van der Waals surface area contributed by atoms with Crippen LogP contribution in [0.3, 0.4) is 0 Å². The van der Waals surface area contributed by atoms with Gasteiger partial charge in [0.1, 0.15) is 5.75 Å². The van der Waals surface area contributed by atoms with E-state index in [1.165, 1.54) is 0 Å². The molecule has 0 radical (unpaired) electrons. The molecule has 0 saturated heterocycles. The fraction of sp³-hybridized carbons (Fsp3) is 0.333. The highest BCUT2D eigenvalue weighted by Gasteiger charge is 1.91. The van der Waals surface area contributed by atoms with Crippen molar-refractivity contribution in [3.63, 3.8) is 0 Å². The smallest absolute Gasteiger partial charge is 0.119 e. The van der Waals surface area contributed by atoms with Crippen LogP contribution in [0.1, 0.15) is 13.3 Å². The van der Waals surface area contributed by atoms with Gasteiger partial charge in [-0.3, -0.25) is 5.84 Å². The average molecular weight is 247 g/mol. The summed E-state index contributed by atoms with van der Waals surface area (Å²) in [6, 6.07) is 7.55. The third kappa shape index (κ3) is 4.15. The number of nitrogen functional groups attached to an aromatic ring is 1. The fourth-order valence-electron chi connectivity index (χ4n) is 0.867. The van der Waals surface area contributed by atoms with Gasteiger partial charge in [0.2, 0.25) is 0 Å². The summed E-state index contributed by atoms with van der Waals surface area (Å²) in [5.74, 6) is 6.09. The molecule has 1 aromatic carbocycles. The minimum atomic E-state index is 0. The number of anilines is 1. The maximum Gasteiger partial charge on any atom is 0.119 e. The Bertz CT molecular complexity index is 226. The highest BCUT2D eigenvalue weighted by atomic mass is 79.9. The summed E-state index contributed by atoms with van der Waals surface area (Å²) in [7, 11) is 0. The maximum absolute atomic E-state index is 5.39. The van der Waals surface area contributed by atoms with Gasteiger partial charge in [-0.05, 0) is 30.7 Å². The van der Waals surface area contributed by atoms with Gasteiger partial charge in [-0.1, -0.05) is 6.92 Å². The first-order chi connectivity index (χ1) is 5.86. The summed E-state index contributed by atoms with van der Waals surface area (Å²) in [5, 5.41) is 0. The van der Waals surface area contributed by atoms with Gasteiger partial charge in [-0.2, -0.15) is 0 Å². The molecule has 3 nitrogen and oxygen atoms in total. The van der Waals surface area contributed by atoms with Gasteiger partial charge >= 0.3 is 0 Å². The van der Waals surface area contributed by atoms with E-state index < -0.39 is 0 Å². The molecule has 0 spiro atoms. The standard InChI is InChI=1S/C9H14N2O.BrH/c1-2-7-12-9-5-3-8(11-10)4-6-9;/h3-6,11H,2,7,10H2,1H3;1H. The second kappa shape index (κ2) is 6.74. The molecule has 74 valence electrons. The van der Waals surface area contributed by atoms with Crippen LogP contribution in [0.5, 0.6) is 5.75 Å². The van der Waals surface area contributed by atoms with E-state index in [1.54, 1.807) is 0 Å². The average Bonchev–Trinajstić information content (AvgIpc) is 2.15. The van der Waals surface area contributed by atoms with E-state index in [9.17, 15) is 0 Å². The molecular formula is C9H15BrN2O. The number of ether oxygens (including phenoxy) is 1. The quantitative estimate of drug-likeness (QED) is 0.634. The lowest BCUT2D eigenvalue weighted by Gasteiger charge is -2.04. The van der Waals surface area contributed by atoms with Crippen LogP contribution >= 0.6 is 17.0 Å². The molecule has 13 heavy (non-hydrogen) atoms. The largest absolute Gasteiger partial charge is 0.494 e. The second-order valence-corrected chi connectivity index (χ2v) is 2.52. The molecule has 3 N–H and O–H groups in total. The Hall–Kier alpha value is -0.740. The van der Waals surface area contributed by atoms with Crippen LogP contribution in [0.2, 0.25) is 0 Å². The second-order valence-electron chi connectivity index (χ2n) is 2.52. The third-order valence-electron chi connectivity index (χ3n) is 1.49. The van der Waals surface area contributed by atoms with Crippen molar-refractivity contribution >= 4 is 22.7 Å². The zero-order valence-electron chi connectivity index (χ0n) is 7.62. The Balaban J connectivity index is 0.00000144. The van der Waals surface area contributed by atoms with Crippen molar-refractivity contribution in [2.45, 2.75) is 13.3 Å². The number of hydrogen-bond donors (Lipinski definition) is 2. The number of halogens is 1. The zero-order chi connectivity index (χ0) is 8.81. The first kappa shape index (κ1) is 12.3. The third-order valence-corrected chi connectivity index (χ3v) is 1.49. The maximum atomic E-state index is 5.39. The number of rotatable bonds is 4. The molecule has 0 amide bonds. The number of hydrazine groups is 1. The lowest BCUT2D eigenvalue weighted by atomic mass is 10.3. The summed E-state index contributed by atoms with van der Waals surface area (Å²) in [4.78, 5) is 0. The number of nitrogens with two attached hydrogens (primary N) is 1. The van der Waals surface area contributed by atoms with Gasteiger partial charge in [-0.15, -0.1) is 17.0 Å². The molecule has 0 heterocycles. The fourth-order valence-corrected chi connectivity index (χ4v) is 0.867. The first-order valence-electron chi connectivity index (χ1n) is 4.06. The summed E-state index contributed by atoms with van der Waals surface area (Å²) in [6.07, 6.45) is 1.02. The van der Waals surface area contributed by atoms with Gasteiger partial charge in [0, 0.05) is 5.69 Å². The van der Waals surface area contributed by atoms with Crippen molar-refractivity contribution in [1.29, 1.82) is 0 Å². The molecule has 0 saturated carbocycles. The van der Waals surface area contributed by atoms with Gasteiger partial charge in [0.15, 0.2) is 0 Å². The lowest BCUT2D eigenvalue weighted by Crippen LogP contribution is -2.06. The van der Waals surface area contributed by atoms with Crippen molar-refractivity contribution in [2.75, 3.05) is 12.0 Å². The Morgan fingerprint density at radius 2 is 1.92 bits per heavy atom. The van der Waals surface area contributed by atoms with Crippen LogP contribution in [0.4, 0.5) is 5.69 Å². The summed E-state index contributed by atoms with van der Waals surface area (Å²) < 4.78 is 5.39. The van der Waals surface area contributed by atoms with E-state index in [0.29, 0.717) is 0 Å². The number of hydrogen-bond acceptors (Lipinski definition) is 3. The van der Waals surface area contributed by atoms with Crippen LogP contribution in [-0.2, 0) is 0 Å². The Morgan fingerprint density at radius 3 is 2.38 bits per heavy atom. The van der Waals surface area contributed by atoms with Gasteiger partial charge in [0.25, 0.3) is 0 Å². The van der Waals surface area contributed by atoms with E-state index in [1.807, 2.05) is 24.3 Å². The van der Waals surface area contributed by atoms with Gasteiger partial charge in [-0.25, -0.2) is 0 Å². The molecule has 0 fully saturated rings. The highest BCUT2D eigenvalue weighted by molar-refractivity contribution is 8.93. The van der Waals surface area contributed by atoms with Crippen LogP contribution in [-0.4, -0.2) is 6.61 Å². The molecule has 1 aromatic rings. The summed E-state index contributed by atoms with van der Waals surface area (Å²) in [5.41, 5.74) is 3.44. The minimum Gasteiger partial charge on any atom is -0.494 e.